The second-order valence-electron chi connectivity index (χ2n) is 5.76. The first-order chi connectivity index (χ1) is 11.1. The van der Waals surface area contributed by atoms with Gasteiger partial charge in [0.2, 0.25) is 0 Å². The molecule has 2 aromatic carbocycles. The molecule has 0 spiro atoms. The number of rotatable bonds is 8. The van der Waals surface area contributed by atoms with Gasteiger partial charge in [0, 0.05) is 6.61 Å². The Balaban J connectivity index is 2.12. The van der Waals surface area contributed by atoms with E-state index in [0.717, 1.165) is 37.0 Å². The molecule has 0 saturated carbocycles. The van der Waals surface area contributed by atoms with E-state index in [0.29, 0.717) is 5.56 Å². The van der Waals surface area contributed by atoms with Crippen molar-refractivity contribution < 1.29 is 14.6 Å². The van der Waals surface area contributed by atoms with Crippen LogP contribution < -0.4 is 0 Å². The molecule has 1 atom stereocenters. The maximum atomic E-state index is 11.0. The molecule has 2 rings (SSSR count). The Hall–Kier alpha value is -2.13. The third-order valence-electron chi connectivity index (χ3n) is 3.89. The van der Waals surface area contributed by atoms with Crippen LogP contribution in [0, 0.1) is 0 Å². The lowest BCUT2D eigenvalue weighted by atomic mass is 9.95. The van der Waals surface area contributed by atoms with Crippen molar-refractivity contribution in [2.24, 2.45) is 0 Å². The van der Waals surface area contributed by atoms with Crippen molar-refractivity contribution in [1.29, 1.82) is 0 Å². The van der Waals surface area contributed by atoms with Gasteiger partial charge < -0.3 is 9.84 Å². The van der Waals surface area contributed by atoms with Crippen LogP contribution >= 0.6 is 0 Å². The van der Waals surface area contributed by atoms with Gasteiger partial charge in [-0.1, -0.05) is 43.3 Å². The third kappa shape index (κ3) is 4.93. The van der Waals surface area contributed by atoms with E-state index in [1.165, 1.54) is 5.56 Å². The number of carboxylic acids is 1. The van der Waals surface area contributed by atoms with Gasteiger partial charge in [0.25, 0.3) is 0 Å². The van der Waals surface area contributed by atoms with Crippen LogP contribution in [0.2, 0.25) is 0 Å². The van der Waals surface area contributed by atoms with Gasteiger partial charge in [-0.05, 0) is 55.0 Å². The average Bonchev–Trinajstić information content (AvgIpc) is 2.58. The molecule has 0 fully saturated rings. The molecule has 0 saturated heterocycles. The van der Waals surface area contributed by atoms with E-state index in [1.54, 1.807) is 12.1 Å². The topological polar surface area (TPSA) is 46.5 Å². The number of hydrogen-bond acceptors (Lipinski definition) is 2. The maximum absolute atomic E-state index is 11.0. The molecule has 0 aliphatic heterocycles. The summed E-state index contributed by atoms with van der Waals surface area (Å²) < 4.78 is 5.74. The number of hydrogen-bond donors (Lipinski definition) is 1. The van der Waals surface area contributed by atoms with Gasteiger partial charge >= 0.3 is 5.97 Å². The standard InChI is InChI=1S/C20H24O3/c1-3-14-23-15(2)8-9-16-6-4-5-7-19(16)17-10-12-18(13-11-17)20(21)22/h4-7,10-13,15H,3,8-9,14H2,1-2H3,(H,21,22). The second kappa shape index (κ2) is 8.49. The first kappa shape index (κ1) is 17.2. The average molecular weight is 312 g/mol. The Morgan fingerprint density at radius 1 is 1.13 bits per heavy atom. The molecule has 122 valence electrons. The molecule has 3 nitrogen and oxygen atoms in total. The fourth-order valence-electron chi connectivity index (χ4n) is 2.57. The van der Waals surface area contributed by atoms with Crippen LogP contribution in [-0.2, 0) is 11.2 Å². The van der Waals surface area contributed by atoms with Crippen molar-refractivity contribution in [2.45, 2.75) is 39.2 Å². The first-order valence-electron chi connectivity index (χ1n) is 8.15. The first-order valence-corrected chi connectivity index (χ1v) is 8.15. The van der Waals surface area contributed by atoms with E-state index in [2.05, 4.69) is 26.0 Å². The number of ether oxygens (including phenoxy) is 1. The molecule has 0 aliphatic carbocycles. The molecule has 0 amide bonds. The zero-order chi connectivity index (χ0) is 16.7. The molecule has 0 aromatic heterocycles. The number of aromatic carboxylic acids is 1. The number of benzene rings is 2. The molecule has 0 radical (unpaired) electrons. The Kier molecular flexibility index (Phi) is 6.36. The molecule has 0 bridgehead atoms. The number of aryl methyl sites for hydroxylation is 1. The van der Waals surface area contributed by atoms with Crippen molar-refractivity contribution in [2.75, 3.05) is 6.61 Å². The molecule has 0 heterocycles. The summed E-state index contributed by atoms with van der Waals surface area (Å²) in [7, 11) is 0. The molecule has 23 heavy (non-hydrogen) atoms. The Morgan fingerprint density at radius 2 is 1.83 bits per heavy atom. The minimum absolute atomic E-state index is 0.248. The van der Waals surface area contributed by atoms with Crippen molar-refractivity contribution in [3.63, 3.8) is 0 Å². The summed E-state index contributed by atoms with van der Waals surface area (Å²) in [5.74, 6) is -0.897. The van der Waals surface area contributed by atoms with Gasteiger partial charge in [0.05, 0.1) is 11.7 Å². The highest BCUT2D eigenvalue weighted by Gasteiger charge is 2.09. The molecule has 3 heteroatoms. The summed E-state index contributed by atoms with van der Waals surface area (Å²) in [6.45, 7) is 5.03. The van der Waals surface area contributed by atoms with Gasteiger partial charge in [-0.2, -0.15) is 0 Å². The highest BCUT2D eigenvalue weighted by molar-refractivity contribution is 5.88. The fraction of sp³-hybridized carbons (Fsp3) is 0.350. The zero-order valence-corrected chi connectivity index (χ0v) is 13.8. The van der Waals surface area contributed by atoms with Gasteiger partial charge in [-0.15, -0.1) is 0 Å². The largest absolute Gasteiger partial charge is 0.478 e. The lowest BCUT2D eigenvalue weighted by molar-refractivity contribution is 0.0610. The number of carboxylic acid groups (broad SMARTS) is 1. The van der Waals surface area contributed by atoms with Crippen LogP contribution in [0.4, 0.5) is 0 Å². The minimum atomic E-state index is -0.897. The van der Waals surface area contributed by atoms with E-state index < -0.39 is 5.97 Å². The summed E-state index contributed by atoms with van der Waals surface area (Å²) in [4.78, 5) is 11.0. The highest BCUT2D eigenvalue weighted by atomic mass is 16.5. The van der Waals surface area contributed by atoms with Gasteiger partial charge in [-0.3, -0.25) is 0 Å². The SMILES string of the molecule is CCCOC(C)CCc1ccccc1-c1ccc(C(=O)O)cc1. The van der Waals surface area contributed by atoms with Gasteiger partial charge in [-0.25, -0.2) is 4.79 Å². The summed E-state index contributed by atoms with van der Waals surface area (Å²) in [6.07, 6.45) is 3.21. The smallest absolute Gasteiger partial charge is 0.335 e. The van der Waals surface area contributed by atoms with E-state index >= 15 is 0 Å². The van der Waals surface area contributed by atoms with Crippen molar-refractivity contribution in [1.82, 2.24) is 0 Å². The van der Waals surface area contributed by atoms with Crippen LogP contribution in [0.1, 0.15) is 42.6 Å². The summed E-state index contributed by atoms with van der Waals surface area (Å²) in [5, 5.41) is 9.00. The molecular formula is C20H24O3. The van der Waals surface area contributed by atoms with Gasteiger partial charge in [0.1, 0.15) is 0 Å². The summed E-state index contributed by atoms with van der Waals surface area (Å²) in [5.41, 5.74) is 3.79. The van der Waals surface area contributed by atoms with Crippen LogP contribution in [0.25, 0.3) is 11.1 Å². The second-order valence-corrected chi connectivity index (χ2v) is 5.76. The molecule has 1 unspecified atom stereocenters. The molecule has 0 aliphatic rings. The van der Waals surface area contributed by atoms with Crippen molar-refractivity contribution in [3.05, 3.63) is 59.7 Å². The maximum Gasteiger partial charge on any atom is 0.335 e. The Bertz CT molecular complexity index is 632. The molecule has 1 N–H and O–H groups in total. The normalized spacial score (nSPS) is 12.1. The number of carbonyl (C=O) groups is 1. The quantitative estimate of drug-likeness (QED) is 0.761. The zero-order valence-electron chi connectivity index (χ0n) is 13.8. The van der Waals surface area contributed by atoms with Crippen LogP contribution in [0.15, 0.2) is 48.5 Å². The monoisotopic (exact) mass is 312 g/mol. The van der Waals surface area contributed by atoms with E-state index in [4.69, 9.17) is 9.84 Å². The van der Waals surface area contributed by atoms with Crippen molar-refractivity contribution >= 4 is 5.97 Å². The van der Waals surface area contributed by atoms with Crippen molar-refractivity contribution in [3.8, 4) is 11.1 Å². The predicted octanol–water partition coefficient (Wildman–Crippen LogP) is 4.80. The third-order valence-corrected chi connectivity index (χ3v) is 3.89. The van der Waals surface area contributed by atoms with Crippen LogP contribution in [-0.4, -0.2) is 23.8 Å². The molecular weight excluding hydrogens is 288 g/mol. The molecule has 2 aromatic rings. The minimum Gasteiger partial charge on any atom is -0.478 e. The van der Waals surface area contributed by atoms with E-state index in [9.17, 15) is 4.79 Å². The van der Waals surface area contributed by atoms with Gasteiger partial charge in [0.15, 0.2) is 0 Å². The van der Waals surface area contributed by atoms with E-state index in [1.807, 2.05) is 24.3 Å². The van der Waals surface area contributed by atoms with Crippen LogP contribution in [0.5, 0.6) is 0 Å². The Labute approximate surface area is 137 Å². The predicted molar refractivity (Wildman–Crippen MR) is 92.9 cm³/mol. The van der Waals surface area contributed by atoms with E-state index in [-0.39, 0.29) is 6.10 Å². The summed E-state index contributed by atoms with van der Waals surface area (Å²) in [6, 6.07) is 15.3. The summed E-state index contributed by atoms with van der Waals surface area (Å²) >= 11 is 0. The highest BCUT2D eigenvalue weighted by Crippen LogP contribution is 2.25. The Morgan fingerprint density at radius 3 is 2.48 bits per heavy atom. The van der Waals surface area contributed by atoms with Crippen LogP contribution in [0.3, 0.4) is 0 Å². The fourth-order valence-corrected chi connectivity index (χ4v) is 2.57. The lowest BCUT2D eigenvalue weighted by Crippen LogP contribution is -2.10. The lowest BCUT2D eigenvalue weighted by Gasteiger charge is -2.14.